The van der Waals surface area contributed by atoms with Gasteiger partial charge in [-0.05, 0) is 19.3 Å². The van der Waals surface area contributed by atoms with Crippen molar-refractivity contribution in [2.45, 2.75) is 58.5 Å². The zero-order chi connectivity index (χ0) is 11.3. The van der Waals surface area contributed by atoms with Crippen LogP contribution in [0.1, 0.15) is 46.5 Å². The van der Waals surface area contributed by atoms with Crippen LogP contribution in [-0.2, 0) is 4.79 Å². The third-order valence-electron chi connectivity index (χ3n) is 3.23. The van der Waals surface area contributed by atoms with Gasteiger partial charge in [0.25, 0.3) is 0 Å². The predicted octanol–water partition coefficient (Wildman–Crippen LogP) is 1.78. The number of amides is 1. The molecular formula is C12H24N2O. The van der Waals surface area contributed by atoms with E-state index < -0.39 is 0 Å². The van der Waals surface area contributed by atoms with Crippen molar-refractivity contribution in [1.29, 1.82) is 0 Å². The Labute approximate surface area is 93.2 Å². The zero-order valence-corrected chi connectivity index (χ0v) is 10.3. The largest absolute Gasteiger partial charge is 0.341 e. The smallest absolute Gasteiger partial charge is 0.219 e. The van der Waals surface area contributed by atoms with Gasteiger partial charge in [0.05, 0.1) is 0 Å². The van der Waals surface area contributed by atoms with Gasteiger partial charge in [-0.2, -0.15) is 0 Å². The van der Waals surface area contributed by atoms with Crippen LogP contribution in [0.3, 0.4) is 0 Å². The second kappa shape index (κ2) is 6.11. The summed E-state index contributed by atoms with van der Waals surface area (Å²) in [6.07, 6.45) is 4.77. The number of hydrogen-bond donors (Lipinski definition) is 1. The van der Waals surface area contributed by atoms with Crippen molar-refractivity contribution < 1.29 is 4.79 Å². The van der Waals surface area contributed by atoms with Crippen LogP contribution in [0.15, 0.2) is 0 Å². The van der Waals surface area contributed by atoms with Crippen LogP contribution in [0.2, 0.25) is 0 Å². The third-order valence-corrected chi connectivity index (χ3v) is 3.23. The molecule has 1 saturated heterocycles. The molecule has 1 heterocycles. The minimum Gasteiger partial charge on any atom is -0.341 e. The Morgan fingerprint density at radius 2 is 2.27 bits per heavy atom. The van der Waals surface area contributed by atoms with Crippen LogP contribution in [0.4, 0.5) is 0 Å². The van der Waals surface area contributed by atoms with Crippen molar-refractivity contribution >= 4 is 5.91 Å². The van der Waals surface area contributed by atoms with E-state index in [2.05, 4.69) is 19.2 Å². The van der Waals surface area contributed by atoms with Crippen molar-refractivity contribution in [3.63, 3.8) is 0 Å². The topological polar surface area (TPSA) is 32.3 Å². The summed E-state index contributed by atoms with van der Waals surface area (Å²) in [5.74, 6) is 0.211. The van der Waals surface area contributed by atoms with Gasteiger partial charge >= 0.3 is 0 Å². The molecule has 2 atom stereocenters. The Bertz CT molecular complexity index is 206. The molecule has 0 aromatic carbocycles. The fourth-order valence-electron chi connectivity index (χ4n) is 2.27. The van der Waals surface area contributed by atoms with E-state index in [0.717, 1.165) is 19.5 Å². The summed E-state index contributed by atoms with van der Waals surface area (Å²) in [6.45, 7) is 7.93. The molecule has 1 aliphatic rings. The number of nitrogens with one attached hydrogen (secondary N) is 1. The standard InChI is InChI=1S/C12H24N2O/c1-4-6-11(5-2)13-12-7-8-14(9-12)10(3)15/h11-13H,4-9H2,1-3H3. The van der Waals surface area contributed by atoms with Crippen LogP contribution in [0.5, 0.6) is 0 Å². The highest BCUT2D eigenvalue weighted by Gasteiger charge is 2.25. The summed E-state index contributed by atoms with van der Waals surface area (Å²) in [7, 11) is 0. The maximum absolute atomic E-state index is 11.2. The molecule has 1 amide bonds. The van der Waals surface area contributed by atoms with Gasteiger partial charge in [0, 0.05) is 32.1 Å². The minimum atomic E-state index is 0.211. The highest BCUT2D eigenvalue weighted by Crippen LogP contribution is 2.12. The minimum absolute atomic E-state index is 0.211. The molecule has 0 bridgehead atoms. The van der Waals surface area contributed by atoms with Gasteiger partial charge in [-0.25, -0.2) is 0 Å². The normalized spacial score (nSPS) is 23.1. The molecular weight excluding hydrogens is 188 g/mol. The van der Waals surface area contributed by atoms with Gasteiger partial charge in [0.15, 0.2) is 0 Å². The van der Waals surface area contributed by atoms with Crippen LogP contribution in [-0.4, -0.2) is 36.0 Å². The summed E-state index contributed by atoms with van der Waals surface area (Å²) >= 11 is 0. The molecule has 2 unspecified atom stereocenters. The van der Waals surface area contributed by atoms with E-state index in [1.165, 1.54) is 19.3 Å². The van der Waals surface area contributed by atoms with Crippen molar-refractivity contribution in [3.8, 4) is 0 Å². The lowest BCUT2D eigenvalue weighted by Gasteiger charge is -2.21. The highest BCUT2D eigenvalue weighted by atomic mass is 16.2. The molecule has 1 rings (SSSR count). The Morgan fingerprint density at radius 1 is 1.53 bits per heavy atom. The Balaban J connectivity index is 2.30. The second-order valence-corrected chi connectivity index (χ2v) is 4.51. The van der Waals surface area contributed by atoms with Crippen LogP contribution >= 0.6 is 0 Å². The van der Waals surface area contributed by atoms with Crippen molar-refractivity contribution in [1.82, 2.24) is 10.2 Å². The molecule has 1 aliphatic heterocycles. The molecule has 0 radical (unpaired) electrons. The van der Waals surface area contributed by atoms with E-state index in [4.69, 9.17) is 0 Å². The molecule has 0 aromatic rings. The fraction of sp³-hybridized carbons (Fsp3) is 0.917. The average Bonchev–Trinajstić information content (AvgIpc) is 2.65. The van der Waals surface area contributed by atoms with Gasteiger partial charge in [-0.15, -0.1) is 0 Å². The Morgan fingerprint density at radius 3 is 2.73 bits per heavy atom. The quantitative estimate of drug-likeness (QED) is 0.753. The van der Waals surface area contributed by atoms with Gasteiger partial charge in [0.1, 0.15) is 0 Å². The van der Waals surface area contributed by atoms with Gasteiger partial charge < -0.3 is 10.2 Å². The van der Waals surface area contributed by atoms with E-state index in [1.54, 1.807) is 6.92 Å². The van der Waals surface area contributed by atoms with Crippen LogP contribution in [0, 0.1) is 0 Å². The van der Waals surface area contributed by atoms with E-state index >= 15 is 0 Å². The first-order chi connectivity index (χ1) is 7.17. The third kappa shape index (κ3) is 3.82. The molecule has 0 saturated carbocycles. The van der Waals surface area contributed by atoms with Crippen molar-refractivity contribution in [3.05, 3.63) is 0 Å². The average molecular weight is 212 g/mol. The lowest BCUT2D eigenvalue weighted by atomic mass is 10.1. The number of hydrogen-bond acceptors (Lipinski definition) is 2. The van der Waals surface area contributed by atoms with Crippen LogP contribution in [0.25, 0.3) is 0 Å². The molecule has 1 N–H and O–H groups in total. The number of carbonyl (C=O) groups is 1. The summed E-state index contributed by atoms with van der Waals surface area (Å²) in [4.78, 5) is 13.1. The predicted molar refractivity (Wildman–Crippen MR) is 62.8 cm³/mol. The lowest BCUT2D eigenvalue weighted by molar-refractivity contribution is -0.127. The summed E-state index contributed by atoms with van der Waals surface area (Å²) in [5, 5.41) is 3.66. The molecule has 0 spiro atoms. The van der Waals surface area contributed by atoms with Crippen molar-refractivity contribution in [2.75, 3.05) is 13.1 Å². The molecule has 3 nitrogen and oxygen atoms in total. The number of likely N-dealkylation sites (tertiary alicyclic amines) is 1. The van der Waals surface area contributed by atoms with E-state index in [1.807, 2.05) is 4.90 Å². The molecule has 88 valence electrons. The fourth-order valence-corrected chi connectivity index (χ4v) is 2.27. The monoisotopic (exact) mass is 212 g/mol. The van der Waals surface area contributed by atoms with E-state index in [9.17, 15) is 4.79 Å². The second-order valence-electron chi connectivity index (χ2n) is 4.51. The number of carbonyl (C=O) groups excluding carboxylic acids is 1. The molecule has 1 fully saturated rings. The first-order valence-electron chi connectivity index (χ1n) is 6.18. The maximum Gasteiger partial charge on any atom is 0.219 e. The molecule has 0 aliphatic carbocycles. The highest BCUT2D eigenvalue weighted by molar-refractivity contribution is 5.73. The molecule has 3 heteroatoms. The molecule has 15 heavy (non-hydrogen) atoms. The first-order valence-corrected chi connectivity index (χ1v) is 6.18. The lowest BCUT2D eigenvalue weighted by Crippen LogP contribution is -2.40. The summed E-state index contributed by atoms with van der Waals surface area (Å²) < 4.78 is 0. The zero-order valence-electron chi connectivity index (χ0n) is 10.3. The van der Waals surface area contributed by atoms with Gasteiger partial charge in [-0.3, -0.25) is 4.79 Å². The summed E-state index contributed by atoms with van der Waals surface area (Å²) in [5.41, 5.74) is 0. The number of rotatable bonds is 5. The first kappa shape index (κ1) is 12.5. The van der Waals surface area contributed by atoms with E-state index in [-0.39, 0.29) is 5.91 Å². The Kier molecular flexibility index (Phi) is 5.09. The van der Waals surface area contributed by atoms with Crippen molar-refractivity contribution in [2.24, 2.45) is 0 Å². The molecule has 0 aromatic heterocycles. The van der Waals surface area contributed by atoms with Gasteiger partial charge in [-0.1, -0.05) is 20.3 Å². The Hall–Kier alpha value is -0.570. The maximum atomic E-state index is 11.2. The number of nitrogens with zero attached hydrogens (tertiary/aromatic N) is 1. The van der Waals surface area contributed by atoms with Gasteiger partial charge in [0.2, 0.25) is 5.91 Å². The van der Waals surface area contributed by atoms with E-state index in [0.29, 0.717) is 12.1 Å². The SMILES string of the molecule is CCCC(CC)NC1CCN(C(C)=O)C1. The summed E-state index contributed by atoms with van der Waals surface area (Å²) in [6, 6.07) is 1.15. The van der Waals surface area contributed by atoms with Crippen LogP contribution < -0.4 is 5.32 Å².